The number of benzene rings is 1. The van der Waals surface area contributed by atoms with E-state index in [1.54, 1.807) is 7.11 Å². The topological polar surface area (TPSA) is 38.5 Å². The van der Waals surface area contributed by atoms with Crippen LogP contribution in [0.3, 0.4) is 0 Å². The van der Waals surface area contributed by atoms with Gasteiger partial charge in [-0.3, -0.25) is 0 Å². The van der Waals surface area contributed by atoms with Crippen LogP contribution in [0, 0.1) is 5.92 Å². The molecule has 0 amide bonds. The van der Waals surface area contributed by atoms with Crippen LogP contribution in [0.4, 0.5) is 0 Å². The Labute approximate surface area is 116 Å². The lowest BCUT2D eigenvalue weighted by Crippen LogP contribution is -2.25. The number of rotatable bonds is 5. The van der Waals surface area contributed by atoms with Gasteiger partial charge in [-0.2, -0.15) is 0 Å². The summed E-state index contributed by atoms with van der Waals surface area (Å²) in [6.45, 7) is 4.35. The Morgan fingerprint density at radius 1 is 1.33 bits per heavy atom. The maximum atomic E-state index is 5.69. The fraction of sp³-hybridized carbons (Fsp3) is 0.571. The first-order valence-corrected chi connectivity index (χ1v) is 6.37. The first-order valence-electron chi connectivity index (χ1n) is 6.37. The molecule has 1 aromatic rings. The van der Waals surface area contributed by atoms with Crippen LogP contribution in [-0.4, -0.2) is 38.2 Å². The summed E-state index contributed by atoms with van der Waals surface area (Å²) in [5, 5.41) is 0. The third-order valence-corrected chi connectivity index (χ3v) is 3.58. The van der Waals surface area contributed by atoms with Crippen molar-refractivity contribution < 1.29 is 4.74 Å². The molecule has 102 valence electrons. The number of methoxy groups -OCH3 is 1. The summed E-state index contributed by atoms with van der Waals surface area (Å²) in [5.74, 6) is 1.64. The SMILES string of the molecule is COc1ccc(CCN2CCC(CN)C2)cc1.Cl. The molecular formula is C14H23ClN2O. The first-order chi connectivity index (χ1) is 8.31. The Hall–Kier alpha value is -0.770. The van der Waals surface area contributed by atoms with E-state index in [9.17, 15) is 0 Å². The van der Waals surface area contributed by atoms with E-state index >= 15 is 0 Å². The van der Waals surface area contributed by atoms with Crippen LogP contribution < -0.4 is 10.5 Å². The second-order valence-corrected chi connectivity index (χ2v) is 4.79. The van der Waals surface area contributed by atoms with E-state index in [-0.39, 0.29) is 12.4 Å². The van der Waals surface area contributed by atoms with E-state index in [1.807, 2.05) is 12.1 Å². The molecule has 1 aromatic carbocycles. The Morgan fingerprint density at radius 2 is 2.06 bits per heavy atom. The van der Waals surface area contributed by atoms with Gasteiger partial charge in [-0.1, -0.05) is 12.1 Å². The summed E-state index contributed by atoms with van der Waals surface area (Å²) < 4.78 is 5.15. The highest BCUT2D eigenvalue weighted by molar-refractivity contribution is 5.85. The molecule has 0 spiro atoms. The quantitative estimate of drug-likeness (QED) is 0.889. The van der Waals surface area contributed by atoms with Gasteiger partial charge in [0.25, 0.3) is 0 Å². The van der Waals surface area contributed by atoms with Crippen molar-refractivity contribution in [1.82, 2.24) is 4.90 Å². The van der Waals surface area contributed by atoms with E-state index in [0.717, 1.165) is 25.3 Å². The molecule has 0 bridgehead atoms. The van der Waals surface area contributed by atoms with Crippen LogP contribution in [0.25, 0.3) is 0 Å². The zero-order valence-electron chi connectivity index (χ0n) is 11.0. The van der Waals surface area contributed by atoms with E-state index in [4.69, 9.17) is 10.5 Å². The molecule has 1 aliphatic heterocycles. The lowest BCUT2D eigenvalue weighted by Gasteiger charge is -2.15. The Bertz CT molecular complexity index is 342. The highest BCUT2D eigenvalue weighted by atomic mass is 35.5. The smallest absolute Gasteiger partial charge is 0.118 e. The number of halogens is 1. The number of nitrogens with zero attached hydrogens (tertiary/aromatic N) is 1. The van der Waals surface area contributed by atoms with Crippen molar-refractivity contribution in [3.63, 3.8) is 0 Å². The van der Waals surface area contributed by atoms with E-state index in [0.29, 0.717) is 5.92 Å². The van der Waals surface area contributed by atoms with Crippen LogP contribution in [0.2, 0.25) is 0 Å². The van der Waals surface area contributed by atoms with Gasteiger partial charge in [-0.25, -0.2) is 0 Å². The zero-order valence-corrected chi connectivity index (χ0v) is 11.8. The summed E-state index contributed by atoms with van der Waals surface area (Å²) in [4.78, 5) is 2.52. The lowest BCUT2D eigenvalue weighted by molar-refractivity contribution is 0.329. The molecule has 1 fully saturated rings. The number of hydrogen-bond acceptors (Lipinski definition) is 3. The van der Waals surface area contributed by atoms with Crippen molar-refractivity contribution in [2.45, 2.75) is 12.8 Å². The van der Waals surface area contributed by atoms with Gasteiger partial charge in [-0.15, -0.1) is 12.4 Å². The standard InChI is InChI=1S/C14H22N2O.ClH/c1-17-14-4-2-12(3-5-14)6-8-16-9-7-13(10-15)11-16;/h2-5,13H,6-11,15H2,1H3;1H. The molecule has 2 rings (SSSR count). The van der Waals surface area contributed by atoms with Crippen LogP contribution >= 0.6 is 12.4 Å². The largest absolute Gasteiger partial charge is 0.497 e. The number of nitrogens with two attached hydrogens (primary N) is 1. The van der Waals surface area contributed by atoms with Crippen molar-refractivity contribution in [2.75, 3.05) is 33.3 Å². The summed E-state index contributed by atoms with van der Waals surface area (Å²) in [5.41, 5.74) is 7.07. The molecule has 4 heteroatoms. The summed E-state index contributed by atoms with van der Waals surface area (Å²) in [7, 11) is 1.70. The number of hydrogen-bond donors (Lipinski definition) is 1. The second kappa shape index (κ2) is 7.62. The van der Waals surface area contributed by atoms with Crippen LogP contribution in [0.5, 0.6) is 5.75 Å². The van der Waals surface area contributed by atoms with Gasteiger partial charge in [0.2, 0.25) is 0 Å². The van der Waals surface area contributed by atoms with Crippen LogP contribution in [0.1, 0.15) is 12.0 Å². The van der Waals surface area contributed by atoms with Crippen molar-refractivity contribution in [2.24, 2.45) is 11.7 Å². The molecule has 0 radical (unpaired) electrons. The van der Waals surface area contributed by atoms with Crippen LogP contribution in [-0.2, 0) is 6.42 Å². The molecule has 0 saturated carbocycles. The van der Waals surface area contributed by atoms with Gasteiger partial charge in [0.1, 0.15) is 5.75 Å². The fourth-order valence-corrected chi connectivity index (χ4v) is 2.39. The molecule has 1 atom stereocenters. The molecule has 18 heavy (non-hydrogen) atoms. The average Bonchev–Trinajstić information content (AvgIpc) is 2.85. The van der Waals surface area contributed by atoms with Crippen molar-refractivity contribution in [1.29, 1.82) is 0 Å². The van der Waals surface area contributed by atoms with E-state index < -0.39 is 0 Å². The van der Waals surface area contributed by atoms with Gasteiger partial charge in [0, 0.05) is 13.1 Å². The summed E-state index contributed by atoms with van der Waals surface area (Å²) in [6.07, 6.45) is 2.38. The van der Waals surface area contributed by atoms with Crippen molar-refractivity contribution >= 4 is 12.4 Å². The molecule has 0 aliphatic carbocycles. The fourth-order valence-electron chi connectivity index (χ4n) is 2.39. The first kappa shape index (κ1) is 15.3. The van der Waals surface area contributed by atoms with Gasteiger partial charge < -0.3 is 15.4 Å². The summed E-state index contributed by atoms with van der Waals surface area (Å²) in [6, 6.07) is 8.36. The average molecular weight is 271 g/mol. The second-order valence-electron chi connectivity index (χ2n) is 4.79. The van der Waals surface area contributed by atoms with Crippen LogP contribution in [0.15, 0.2) is 24.3 Å². The van der Waals surface area contributed by atoms with E-state index in [2.05, 4.69) is 17.0 Å². The van der Waals surface area contributed by atoms with Gasteiger partial charge in [0.05, 0.1) is 7.11 Å². The maximum absolute atomic E-state index is 5.69. The molecule has 1 unspecified atom stereocenters. The Balaban J connectivity index is 0.00000162. The van der Waals surface area contributed by atoms with Gasteiger partial charge in [0.15, 0.2) is 0 Å². The molecule has 0 aromatic heterocycles. The molecule has 2 N–H and O–H groups in total. The molecular weight excluding hydrogens is 248 g/mol. The third-order valence-electron chi connectivity index (χ3n) is 3.58. The monoisotopic (exact) mass is 270 g/mol. The number of ether oxygens (including phenoxy) is 1. The summed E-state index contributed by atoms with van der Waals surface area (Å²) >= 11 is 0. The minimum atomic E-state index is 0. The number of likely N-dealkylation sites (tertiary alicyclic amines) is 1. The maximum Gasteiger partial charge on any atom is 0.118 e. The Morgan fingerprint density at radius 3 is 2.61 bits per heavy atom. The van der Waals surface area contributed by atoms with E-state index in [1.165, 1.54) is 25.1 Å². The van der Waals surface area contributed by atoms with Crippen molar-refractivity contribution in [3.05, 3.63) is 29.8 Å². The third kappa shape index (κ3) is 4.16. The molecule has 1 aliphatic rings. The highest BCUT2D eigenvalue weighted by Crippen LogP contribution is 2.16. The molecule has 1 heterocycles. The molecule has 1 saturated heterocycles. The highest BCUT2D eigenvalue weighted by Gasteiger charge is 2.20. The van der Waals surface area contributed by atoms with Gasteiger partial charge in [-0.05, 0) is 49.5 Å². The lowest BCUT2D eigenvalue weighted by atomic mass is 10.1. The van der Waals surface area contributed by atoms with Gasteiger partial charge >= 0.3 is 0 Å². The minimum Gasteiger partial charge on any atom is -0.497 e. The predicted octanol–water partition coefficient (Wildman–Crippen LogP) is 1.94. The predicted molar refractivity (Wildman–Crippen MR) is 77.5 cm³/mol. The molecule has 3 nitrogen and oxygen atoms in total. The zero-order chi connectivity index (χ0) is 12.1. The normalized spacial score (nSPS) is 19.6. The minimum absolute atomic E-state index is 0. The Kier molecular flexibility index (Phi) is 6.47. The van der Waals surface area contributed by atoms with Crippen molar-refractivity contribution in [3.8, 4) is 5.75 Å².